The van der Waals surface area contributed by atoms with Gasteiger partial charge in [0.05, 0.1) is 12.9 Å². The van der Waals surface area contributed by atoms with Gasteiger partial charge in [0.15, 0.2) is 5.78 Å². The number of ketones is 1. The number of allylic oxidation sites excluding steroid dienone is 1. The Kier molecular flexibility index (Phi) is 3.96. The van der Waals surface area contributed by atoms with Crippen molar-refractivity contribution < 1.29 is 9.53 Å². The molecule has 0 saturated carbocycles. The predicted octanol–water partition coefficient (Wildman–Crippen LogP) is 1.38. The van der Waals surface area contributed by atoms with Gasteiger partial charge in [0, 0.05) is 18.0 Å². The van der Waals surface area contributed by atoms with Crippen molar-refractivity contribution in [3.63, 3.8) is 0 Å². The lowest BCUT2D eigenvalue weighted by Crippen LogP contribution is -2.17. The van der Waals surface area contributed by atoms with E-state index >= 15 is 0 Å². The van der Waals surface area contributed by atoms with Crippen LogP contribution in [0.2, 0.25) is 0 Å². The second-order valence-electron chi connectivity index (χ2n) is 3.56. The van der Waals surface area contributed by atoms with Gasteiger partial charge in [-0.15, -0.1) is 0 Å². The van der Waals surface area contributed by atoms with Crippen LogP contribution in [0.1, 0.15) is 32.6 Å². The average molecular weight is 183 g/mol. The van der Waals surface area contributed by atoms with Crippen LogP contribution in [0.15, 0.2) is 11.8 Å². The Morgan fingerprint density at radius 1 is 1.77 bits per heavy atom. The van der Waals surface area contributed by atoms with Gasteiger partial charge in [0.25, 0.3) is 0 Å². The summed E-state index contributed by atoms with van der Waals surface area (Å²) in [5.74, 6) is 0.192. The SMILES string of the molecule is CC(N)CCC(=O)C1=COCCC1. The van der Waals surface area contributed by atoms with Gasteiger partial charge in [-0.3, -0.25) is 4.79 Å². The molecule has 1 unspecified atom stereocenters. The number of carbonyl (C=O) groups is 1. The van der Waals surface area contributed by atoms with Crippen molar-refractivity contribution in [2.45, 2.75) is 38.6 Å². The minimum atomic E-state index is 0.106. The van der Waals surface area contributed by atoms with Crippen molar-refractivity contribution in [1.29, 1.82) is 0 Å². The van der Waals surface area contributed by atoms with Gasteiger partial charge in [-0.1, -0.05) is 0 Å². The molecular formula is C10H17NO2. The van der Waals surface area contributed by atoms with Crippen LogP contribution in [0.25, 0.3) is 0 Å². The maximum atomic E-state index is 11.5. The van der Waals surface area contributed by atoms with Gasteiger partial charge >= 0.3 is 0 Å². The summed E-state index contributed by atoms with van der Waals surface area (Å²) >= 11 is 0. The second kappa shape index (κ2) is 5.02. The molecule has 0 bridgehead atoms. The van der Waals surface area contributed by atoms with Gasteiger partial charge in [-0.05, 0) is 26.2 Å². The summed E-state index contributed by atoms with van der Waals surface area (Å²) in [5, 5.41) is 0. The standard InChI is InChI=1S/C10H17NO2/c1-8(11)4-5-10(12)9-3-2-6-13-7-9/h7-8H,2-6,11H2,1H3. The normalized spacial score (nSPS) is 18.8. The fraction of sp³-hybridized carbons (Fsp3) is 0.700. The maximum absolute atomic E-state index is 11.5. The summed E-state index contributed by atoms with van der Waals surface area (Å²) in [7, 11) is 0. The van der Waals surface area contributed by atoms with E-state index in [4.69, 9.17) is 10.5 Å². The molecule has 1 heterocycles. The minimum Gasteiger partial charge on any atom is -0.501 e. The molecule has 1 aliphatic rings. The molecule has 1 atom stereocenters. The molecular weight excluding hydrogens is 166 g/mol. The highest BCUT2D eigenvalue weighted by atomic mass is 16.5. The van der Waals surface area contributed by atoms with E-state index in [0.29, 0.717) is 6.42 Å². The molecule has 0 fully saturated rings. The minimum absolute atomic E-state index is 0.106. The zero-order valence-corrected chi connectivity index (χ0v) is 8.08. The molecule has 1 aliphatic heterocycles. The van der Waals surface area contributed by atoms with E-state index < -0.39 is 0 Å². The predicted molar refractivity (Wildman–Crippen MR) is 51.2 cm³/mol. The third kappa shape index (κ3) is 3.59. The lowest BCUT2D eigenvalue weighted by Gasteiger charge is -2.12. The first-order valence-corrected chi connectivity index (χ1v) is 4.79. The fourth-order valence-corrected chi connectivity index (χ4v) is 1.29. The highest BCUT2D eigenvalue weighted by Crippen LogP contribution is 2.15. The Hall–Kier alpha value is -0.830. The number of hydrogen-bond acceptors (Lipinski definition) is 3. The molecule has 74 valence electrons. The van der Waals surface area contributed by atoms with E-state index in [1.165, 1.54) is 0 Å². The average Bonchev–Trinajstić information content (AvgIpc) is 2.15. The zero-order valence-electron chi connectivity index (χ0n) is 8.08. The van der Waals surface area contributed by atoms with E-state index in [1.54, 1.807) is 6.26 Å². The number of carbonyl (C=O) groups excluding carboxylic acids is 1. The molecule has 3 nitrogen and oxygen atoms in total. The molecule has 3 heteroatoms. The Morgan fingerprint density at radius 2 is 2.54 bits per heavy atom. The molecule has 0 radical (unpaired) electrons. The molecule has 0 aromatic heterocycles. The summed E-state index contributed by atoms with van der Waals surface area (Å²) in [6, 6.07) is 0.106. The van der Waals surface area contributed by atoms with Crippen LogP contribution in [0, 0.1) is 0 Å². The maximum Gasteiger partial charge on any atom is 0.161 e. The van der Waals surface area contributed by atoms with Crippen LogP contribution in [-0.4, -0.2) is 18.4 Å². The number of nitrogens with two attached hydrogens (primary N) is 1. The van der Waals surface area contributed by atoms with Gasteiger partial charge < -0.3 is 10.5 Å². The third-order valence-electron chi connectivity index (χ3n) is 2.12. The summed E-state index contributed by atoms with van der Waals surface area (Å²) in [4.78, 5) is 11.5. The first kappa shape index (κ1) is 10.3. The third-order valence-corrected chi connectivity index (χ3v) is 2.12. The summed E-state index contributed by atoms with van der Waals surface area (Å²) in [5.41, 5.74) is 6.39. The molecule has 0 spiro atoms. The van der Waals surface area contributed by atoms with Crippen LogP contribution >= 0.6 is 0 Å². The number of ether oxygens (including phenoxy) is 1. The number of Topliss-reactive ketones (excluding diaryl/α,β-unsaturated/α-hetero) is 1. The lowest BCUT2D eigenvalue weighted by atomic mass is 10.0. The van der Waals surface area contributed by atoms with E-state index in [9.17, 15) is 4.79 Å². The quantitative estimate of drug-likeness (QED) is 0.716. The van der Waals surface area contributed by atoms with Crippen molar-refractivity contribution in [3.8, 4) is 0 Å². The van der Waals surface area contributed by atoms with Crippen LogP contribution in [0.3, 0.4) is 0 Å². The van der Waals surface area contributed by atoms with Crippen molar-refractivity contribution in [3.05, 3.63) is 11.8 Å². The Morgan fingerprint density at radius 3 is 3.08 bits per heavy atom. The fourth-order valence-electron chi connectivity index (χ4n) is 1.29. The summed E-state index contributed by atoms with van der Waals surface area (Å²) < 4.78 is 5.10. The van der Waals surface area contributed by atoms with Crippen LogP contribution in [-0.2, 0) is 9.53 Å². The van der Waals surface area contributed by atoms with Gasteiger partial charge in [0.2, 0.25) is 0 Å². The van der Waals surface area contributed by atoms with Crippen molar-refractivity contribution >= 4 is 5.78 Å². The Labute approximate surface area is 78.9 Å². The van der Waals surface area contributed by atoms with Crippen LogP contribution in [0.4, 0.5) is 0 Å². The number of rotatable bonds is 4. The highest BCUT2D eigenvalue weighted by molar-refractivity contribution is 5.95. The first-order chi connectivity index (χ1) is 6.20. The smallest absolute Gasteiger partial charge is 0.161 e. The zero-order chi connectivity index (χ0) is 9.68. The molecule has 0 aliphatic carbocycles. The number of hydrogen-bond donors (Lipinski definition) is 1. The Balaban J connectivity index is 2.34. The van der Waals surface area contributed by atoms with E-state index in [0.717, 1.165) is 31.4 Å². The first-order valence-electron chi connectivity index (χ1n) is 4.79. The summed E-state index contributed by atoms with van der Waals surface area (Å²) in [6.07, 6.45) is 4.73. The summed E-state index contributed by atoms with van der Waals surface area (Å²) in [6.45, 7) is 2.66. The Bertz CT molecular complexity index is 209. The molecule has 1 rings (SSSR count). The van der Waals surface area contributed by atoms with E-state index in [1.807, 2.05) is 6.92 Å². The molecule has 13 heavy (non-hydrogen) atoms. The van der Waals surface area contributed by atoms with E-state index in [2.05, 4.69) is 0 Å². The van der Waals surface area contributed by atoms with Crippen molar-refractivity contribution in [2.24, 2.45) is 5.73 Å². The second-order valence-corrected chi connectivity index (χ2v) is 3.56. The van der Waals surface area contributed by atoms with E-state index in [-0.39, 0.29) is 11.8 Å². The van der Waals surface area contributed by atoms with Gasteiger partial charge in [-0.25, -0.2) is 0 Å². The monoisotopic (exact) mass is 183 g/mol. The topological polar surface area (TPSA) is 52.3 Å². The highest BCUT2D eigenvalue weighted by Gasteiger charge is 2.13. The molecule has 0 aromatic rings. The molecule has 0 saturated heterocycles. The van der Waals surface area contributed by atoms with Gasteiger partial charge in [-0.2, -0.15) is 0 Å². The van der Waals surface area contributed by atoms with Crippen molar-refractivity contribution in [2.75, 3.05) is 6.61 Å². The molecule has 2 N–H and O–H groups in total. The molecule has 0 amide bonds. The van der Waals surface area contributed by atoms with Crippen LogP contribution in [0.5, 0.6) is 0 Å². The lowest BCUT2D eigenvalue weighted by molar-refractivity contribution is -0.116. The van der Waals surface area contributed by atoms with Crippen LogP contribution < -0.4 is 5.73 Å². The van der Waals surface area contributed by atoms with Crippen molar-refractivity contribution in [1.82, 2.24) is 0 Å². The molecule has 0 aromatic carbocycles. The largest absolute Gasteiger partial charge is 0.501 e. The van der Waals surface area contributed by atoms with Gasteiger partial charge in [0.1, 0.15) is 0 Å².